The average Bonchev–Trinajstić information content (AvgIpc) is 3.81. The number of esters is 1. The van der Waals surface area contributed by atoms with Crippen LogP contribution in [0, 0.1) is 0 Å². The maximum absolute atomic E-state index is 13.8. The van der Waals surface area contributed by atoms with E-state index in [-0.39, 0.29) is 31.1 Å². The zero-order valence-electron chi connectivity index (χ0n) is 31.1. The van der Waals surface area contributed by atoms with Gasteiger partial charge in [0, 0.05) is 42.7 Å². The summed E-state index contributed by atoms with van der Waals surface area (Å²) in [7, 11) is 4.32. The maximum atomic E-state index is 13.8. The molecular weight excluding hydrogens is 713 g/mol. The van der Waals surface area contributed by atoms with Gasteiger partial charge in [-0.05, 0) is 77.9 Å². The van der Waals surface area contributed by atoms with Crippen LogP contribution in [0.25, 0.3) is 0 Å². The van der Waals surface area contributed by atoms with Gasteiger partial charge in [0.2, 0.25) is 0 Å². The van der Waals surface area contributed by atoms with Crippen molar-refractivity contribution in [2.45, 2.75) is 32.1 Å². The number of hydrogen-bond acceptors (Lipinski definition) is 10. The van der Waals surface area contributed by atoms with Crippen molar-refractivity contribution < 1.29 is 38.1 Å². The molecule has 1 unspecified atom stereocenters. The van der Waals surface area contributed by atoms with Gasteiger partial charge in [0.1, 0.15) is 13.2 Å². The number of nitrogens with zero attached hydrogens (tertiary/aromatic N) is 4. The lowest BCUT2D eigenvalue weighted by atomic mass is 10.1. The van der Waals surface area contributed by atoms with Crippen LogP contribution in [0.1, 0.15) is 53.3 Å². The molecule has 3 heterocycles. The summed E-state index contributed by atoms with van der Waals surface area (Å²) in [5, 5.41) is 0. The number of benzene rings is 5. The summed E-state index contributed by atoms with van der Waals surface area (Å²) in [5.74, 6) is 0.493. The minimum Gasteiger partial charge on any atom is -0.493 e. The van der Waals surface area contributed by atoms with Crippen molar-refractivity contribution in [2.24, 2.45) is 9.98 Å². The van der Waals surface area contributed by atoms with Gasteiger partial charge in [-0.2, -0.15) is 0 Å². The Morgan fingerprint density at radius 1 is 0.804 bits per heavy atom. The van der Waals surface area contributed by atoms with Crippen molar-refractivity contribution in [3.05, 3.63) is 130 Å². The largest absolute Gasteiger partial charge is 0.493 e. The molecule has 0 N–H and O–H groups in total. The van der Waals surface area contributed by atoms with E-state index < -0.39 is 5.97 Å². The van der Waals surface area contributed by atoms with Gasteiger partial charge in [0.15, 0.2) is 23.0 Å². The van der Waals surface area contributed by atoms with Gasteiger partial charge in [-0.1, -0.05) is 36.4 Å². The third-order valence-corrected chi connectivity index (χ3v) is 10.2. The number of hydrogen-bond donors (Lipinski definition) is 0. The Balaban J connectivity index is 1.03. The van der Waals surface area contributed by atoms with Crippen LogP contribution in [0.4, 0.5) is 22.7 Å². The van der Waals surface area contributed by atoms with Crippen LogP contribution in [-0.2, 0) is 30.8 Å². The molecular formula is C44H38N4O8. The van der Waals surface area contributed by atoms with Crippen molar-refractivity contribution in [1.82, 2.24) is 0 Å². The standard InChI is InChI=1S/C44H38N4O8/c1-45-34-21-40(38(52-2)19-32(34)42(49)47-14-13-28-9-5-7-11-36(28)47)55-24-26-15-27(17-30(16-26)44(51)54-4)25-56-41-22-35-33(20-39(41)53-3)43(50)48-31(23-46-35)18-29-10-6-8-12-37(29)48/h5-12,15-17,19-23,31H,1,13-14,18,24-25H2,2-4H3. The fourth-order valence-electron chi connectivity index (χ4n) is 7.49. The molecule has 0 aromatic heterocycles. The number of methoxy groups -OCH3 is 3. The third-order valence-electron chi connectivity index (χ3n) is 10.2. The highest BCUT2D eigenvalue weighted by atomic mass is 16.5. The Labute approximate surface area is 323 Å². The number of carbonyl (C=O) groups excluding carboxylic acids is 3. The van der Waals surface area contributed by atoms with E-state index in [1.54, 1.807) is 52.4 Å². The lowest BCUT2D eigenvalue weighted by Gasteiger charge is -2.22. The van der Waals surface area contributed by atoms with Gasteiger partial charge < -0.3 is 28.6 Å². The molecule has 0 aliphatic carbocycles. The normalized spacial score (nSPS) is 14.9. The molecule has 0 fully saturated rings. The maximum Gasteiger partial charge on any atom is 0.337 e. The SMILES string of the molecule is C=Nc1cc(OCc2cc(COc3cc4c(cc3OC)C(=O)N3c5ccccc5CC3C=N4)cc(C(=O)OC)c2)c(OC)cc1C(=O)N1CCc2ccccc21. The minimum atomic E-state index is -0.534. The Kier molecular flexibility index (Phi) is 9.69. The lowest BCUT2D eigenvalue weighted by molar-refractivity contribution is 0.0600. The predicted octanol–water partition coefficient (Wildman–Crippen LogP) is 7.47. The summed E-state index contributed by atoms with van der Waals surface area (Å²) >= 11 is 0. The zero-order valence-corrected chi connectivity index (χ0v) is 31.1. The number of para-hydroxylation sites is 2. The molecule has 5 aromatic carbocycles. The van der Waals surface area contributed by atoms with Crippen LogP contribution in [-0.4, -0.2) is 64.6 Å². The molecule has 3 aliphatic rings. The van der Waals surface area contributed by atoms with Gasteiger partial charge in [0.05, 0.1) is 55.4 Å². The lowest BCUT2D eigenvalue weighted by Crippen LogP contribution is -2.37. The van der Waals surface area contributed by atoms with Crippen LogP contribution < -0.4 is 28.7 Å². The predicted molar refractivity (Wildman–Crippen MR) is 212 cm³/mol. The van der Waals surface area contributed by atoms with E-state index in [0.29, 0.717) is 75.2 Å². The van der Waals surface area contributed by atoms with Gasteiger partial charge >= 0.3 is 5.97 Å². The second-order valence-electron chi connectivity index (χ2n) is 13.5. The van der Waals surface area contributed by atoms with Gasteiger partial charge in [0.25, 0.3) is 11.8 Å². The Morgan fingerprint density at radius 2 is 1.46 bits per heavy atom. The molecule has 8 rings (SSSR count). The first-order chi connectivity index (χ1) is 27.3. The van der Waals surface area contributed by atoms with Gasteiger partial charge in [-0.15, -0.1) is 0 Å². The smallest absolute Gasteiger partial charge is 0.337 e. The number of carbonyl (C=O) groups is 3. The molecule has 12 nitrogen and oxygen atoms in total. The highest BCUT2D eigenvalue weighted by Crippen LogP contribution is 2.42. The van der Waals surface area contributed by atoms with Crippen molar-refractivity contribution in [1.29, 1.82) is 0 Å². The monoisotopic (exact) mass is 750 g/mol. The van der Waals surface area contributed by atoms with E-state index in [9.17, 15) is 14.4 Å². The Bertz CT molecular complexity index is 2440. The second kappa shape index (κ2) is 15.1. The number of amides is 2. The van der Waals surface area contributed by atoms with Gasteiger partial charge in [-0.3, -0.25) is 24.5 Å². The molecule has 56 heavy (non-hydrogen) atoms. The van der Waals surface area contributed by atoms with Crippen molar-refractivity contribution in [3.8, 4) is 23.0 Å². The molecule has 0 saturated heterocycles. The molecule has 0 radical (unpaired) electrons. The van der Waals surface area contributed by atoms with Crippen LogP contribution in [0.3, 0.4) is 0 Å². The van der Waals surface area contributed by atoms with Crippen molar-refractivity contribution >= 4 is 53.5 Å². The Hall–Kier alpha value is -6.95. The van der Waals surface area contributed by atoms with Crippen LogP contribution >= 0.6 is 0 Å². The van der Waals surface area contributed by atoms with E-state index in [1.165, 1.54) is 21.3 Å². The molecule has 282 valence electrons. The summed E-state index contributed by atoms with van der Waals surface area (Å²) in [6.45, 7) is 4.32. The highest BCUT2D eigenvalue weighted by Gasteiger charge is 2.36. The molecule has 5 aromatic rings. The summed E-state index contributed by atoms with van der Waals surface area (Å²) in [6, 6.07) is 27.3. The van der Waals surface area contributed by atoms with E-state index in [4.69, 9.17) is 28.7 Å². The molecule has 0 bridgehead atoms. The van der Waals surface area contributed by atoms with Crippen LogP contribution in [0.15, 0.2) is 101 Å². The first-order valence-corrected chi connectivity index (χ1v) is 18.0. The van der Waals surface area contributed by atoms with Crippen molar-refractivity contribution in [2.75, 3.05) is 37.7 Å². The number of aliphatic imine (C=N–C) groups is 2. The van der Waals surface area contributed by atoms with E-state index >= 15 is 0 Å². The highest BCUT2D eigenvalue weighted by molar-refractivity contribution is 6.15. The van der Waals surface area contributed by atoms with E-state index in [2.05, 4.69) is 11.7 Å². The van der Waals surface area contributed by atoms with Gasteiger partial charge in [-0.25, -0.2) is 4.79 Å². The van der Waals surface area contributed by atoms with Crippen molar-refractivity contribution in [3.63, 3.8) is 0 Å². The number of ether oxygens (including phenoxy) is 5. The molecule has 2 amide bonds. The minimum absolute atomic E-state index is 0.0252. The molecule has 12 heteroatoms. The summed E-state index contributed by atoms with van der Waals surface area (Å²) < 4.78 is 28.9. The summed E-state index contributed by atoms with van der Waals surface area (Å²) in [4.78, 5) is 52.7. The fourth-order valence-corrected chi connectivity index (χ4v) is 7.49. The summed E-state index contributed by atoms with van der Waals surface area (Å²) in [5.41, 5.74) is 7.08. The number of fused-ring (bicyclic) bond motifs is 5. The van der Waals surface area contributed by atoms with E-state index in [0.717, 1.165) is 28.9 Å². The number of rotatable bonds is 11. The average molecular weight is 751 g/mol. The molecule has 0 saturated carbocycles. The van der Waals surface area contributed by atoms with Crippen LogP contribution in [0.5, 0.6) is 23.0 Å². The first kappa shape index (κ1) is 36.0. The van der Waals surface area contributed by atoms with Crippen LogP contribution in [0.2, 0.25) is 0 Å². The summed E-state index contributed by atoms with van der Waals surface area (Å²) in [6.07, 6.45) is 3.24. The van der Waals surface area contributed by atoms with E-state index in [1.807, 2.05) is 54.6 Å². The quantitative estimate of drug-likeness (QED) is 0.101. The first-order valence-electron chi connectivity index (χ1n) is 18.0. The molecule has 1 atom stereocenters. The molecule has 0 spiro atoms. The fraction of sp³-hybridized carbons (Fsp3) is 0.205. The second-order valence-corrected chi connectivity index (χ2v) is 13.5. The topological polar surface area (TPSA) is 129 Å². The number of anilines is 2. The zero-order chi connectivity index (χ0) is 38.9. The Morgan fingerprint density at radius 3 is 2.16 bits per heavy atom. The third kappa shape index (κ3) is 6.59. The molecule has 3 aliphatic heterocycles.